The largest absolute Gasteiger partial charge is 0.462 e. The summed E-state index contributed by atoms with van der Waals surface area (Å²) in [5, 5.41) is 3.19. The summed E-state index contributed by atoms with van der Waals surface area (Å²) in [5.41, 5.74) is 0.952. The quantitative estimate of drug-likeness (QED) is 0.769. The monoisotopic (exact) mass is 299 g/mol. The van der Waals surface area contributed by atoms with Crippen LogP contribution in [0.5, 0.6) is 0 Å². The van der Waals surface area contributed by atoms with Crippen molar-refractivity contribution < 1.29 is 13.7 Å². The Morgan fingerprint density at radius 2 is 2.25 bits per heavy atom. The average molecular weight is 299 g/mol. The number of ether oxygens (including phenoxy) is 1. The standard InChI is InChI=1S/C13H21N3O3S/c1-5-19-12(17)11-8-15-13(16-10(11)3)14-7-6-9(2)20(4)18/h8-9H,5-7H2,1-4H3,(H,14,15,16). The van der Waals surface area contributed by atoms with Crippen molar-refractivity contribution in [1.29, 1.82) is 0 Å². The smallest absolute Gasteiger partial charge is 0.341 e. The summed E-state index contributed by atoms with van der Waals surface area (Å²) in [6.07, 6.45) is 3.93. The molecule has 1 N–H and O–H groups in total. The molecule has 0 amide bonds. The molecule has 1 rings (SSSR count). The van der Waals surface area contributed by atoms with Crippen LogP contribution in [0.25, 0.3) is 0 Å². The van der Waals surface area contributed by atoms with Crippen molar-refractivity contribution in [3.63, 3.8) is 0 Å². The zero-order valence-electron chi connectivity index (χ0n) is 12.3. The number of aryl methyl sites for hydroxylation is 1. The average Bonchev–Trinajstić information content (AvgIpc) is 2.38. The van der Waals surface area contributed by atoms with E-state index >= 15 is 0 Å². The highest BCUT2D eigenvalue weighted by molar-refractivity contribution is 7.84. The van der Waals surface area contributed by atoms with Crippen LogP contribution >= 0.6 is 0 Å². The van der Waals surface area contributed by atoms with E-state index in [2.05, 4.69) is 15.3 Å². The van der Waals surface area contributed by atoms with Gasteiger partial charge in [-0.05, 0) is 20.3 Å². The highest BCUT2D eigenvalue weighted by Gasteiger charge is 2.12. The lowest BCUT2D eigenvalue weighted by Gasteiger charge is -2.10. The van der Waals surface area contributed by atoms with Gasteiger partial charge in [-0.15, -0.1) is 0 Å². The van der Waals surface area contributed by atoms with Crippen LogP contribution < -0.4 is 5.32 Å². The molecule has 0 radical (unpaired) electrons. The summed E-state index contributed by atoms with van der Waals surface area (Å²) in [4.78, 5) is 19.9. The van der Waals surface area contributed by atoms with E-state index in [1.807, 2.05) is 6.92 Å². The van der Waals surface area contributed by atoms with Crippen LogP contribution in [0, 0.1) is 6.92 Å². The fourth-order valence-electron chi connectivity index (χ4n) is 1.51. The first-order valence-corrected chi connectivity index (χ1v) is 8.14. The molecule has 0 fully saturated rings. The lowest BCUT2D eigenvalue weighted by atomic mass is 10.2. The van der Waals surface area contributed by atoms with Gasteiger partial charge in [0, 0.05) is 35.0 Å². The third kappa shape index (κ3) is 4.88. The lowest BCUT2D eigenvalue weighted by Crippen LogP contribution is -2.16. The molecule has 0 aliphatic carbocycles. The molecule has 6 nitrogen and oxygen atoms in total. The van der Waals surface area contributed by atoms with Crippen LogP contribution in [0.1, 0.15) is 36.3 Å². The molecule has 20 heavy (non-hydrogen) atoms. The number of rotatable bonds is 7. The molecule has 112 valence electrons. The Hall–Kier alpha value is -1.50. The van der Waals surface area contributed by atoms with Gasteiger partial charge in [0.25, 0.3) is 0 Å². The maximum absolute atomic E-state index is 11.6. The van der Waals surface area contributed by atoms with Gasteiger partial charge in [0.2, 0.25) is 5.95 Å². The summed E-state index contributed by atoms with van der Waals surface area (Å²) in [6.45, 7) is 6.39. The molecular formula is C13H21N3O3S. The van der Waals surface area contributed by atoms with E-state index in [0.29, 0.717) is 30.4 Å². The van der Waals surface area contributed by atoms with Crippen molar-refractivity contribution in [2.24, 2.45) is 0 Å². The fraction of sp³-hybridized carbons (Fsp3) is 0.615. The summed E-state index contributed by atoms with van der Waals surface area (Å²) in [6, 6.07) is 0. The van der Waals surface area contributed by atoms with Gasteiger partial charge in [0.1, 0.15) is 0 Å². The van der Waals surface area contributed by atoms with Gasteiger partial charge >= 0.3 is 5.97 Å². The minimum Gasteiger partial charge on any atom is -0.462 e. The van der Waals surface area contributed by atoms with Gasteiger partial charge in [0.15, 0.2) is 0 Å². The van der Waals surface area contributed by atoms with E-state index in [4.69, 9.17) is 4.74 Å². The van der Waals surface area contributed by atoms with Gasteiger partial charge in [-0.3, -0.25) is 4.21 Å². The summed E-state index contributed by atoms with van der Waals surface area (Å²) in [7, 11) is -0.827. The van der Waals surface area contributed by atoms with Crippen molar-refractivity contribution in [2.75, 3.05) is 24.7 Å². The summed E-state index contributed by atoms with van der Waals surface area (Å²) in [5.74, 6) is 0.0520. The van der Waals surface area contributed by atoms with Crippen molar-refractivity contribution in [2.45, 2.75) is 32.4 Å². The summed E-state index contributed by atoms with van der Waals surface area (Å²) < 4.78 is 16.1. The molecule has 0 saturated heterocycles. The maximum atomic E-state index is 11.6. The highest BCUT2D eigenvalue weighted by Crippen LogP contribution is 2.09. The number of aromatic nitrogens is 2. The van der Waals surface area contributed by atoms with Crippen LogP contribution in [0.2, 0.25) is 0 Å². The first-order chi connectivity index (χ1) is 9.45. The second-order valence-corrected chi connectivity index (χ2v) is 6.24. The Bertz CT molecular complexity index is 494. The van der Waals surface area contributed by atoms with Gasteiger partial charge in [-0.1, -0.05) is 6.92 Å². The zero-order chi connectivity index (χ0) is 15.1. The van der Waals surface area contributed by atoms with Crippen molar-refractivity contribution in [3.8, 4) is 0 Å². The Morgan fingerprint density at radius 1 is 1.55 bits per heavy atom. The van der Waals surface area contributed by atoms with E-state index in [-0.39, 0.29) is 5.25 Å². The van der Waals surface area contributed by atoms with E-state index in [0.717, 1.165) is 6.42 Å². The molecule has 1 heterocycles. The predicted molar refractivity (Wildman–Crippen MR) is 79.4 cm³/mol. The molecule has 2 unspecified atom stereocenters. The number of nitrogens with one attached hydrogen (secondary N) is 1. The fourth-order valence-corrected chi connectivity index (χ4v) is 1.96. The predicted octanol–water partition coefficient (Wildman–Crippen LogP) is 1.53. The van der Waals surface area contributed by atoms with Crippen molar-refractivity contribution >= 4 is 22.7 Å². The second-order valence-electron chi connectivity index (χ2n) is 4.44. The van der Waals surface area contributed by atoms with Gasteiger partial charge in [-0.25, -0.2) is 14.8 Å². The molecule has 1 aromatic rings. The third-order valence-corrected chi connectivity index (χ3v) is 4.24. The number of esters is 1. The van der Waals surface area contributed by atoms with Gasteiger partial charge in [-0.2, -0.15) is 0 Å². The van der Waals surface area contributed by atoms with Crippen molar-refractivity contribution in [1.82, 2.24) is 9.97 Å². The number of carbonyl (C=O) groups excluding carboxylic acids is 1. The highest BCUT2D eigenvalue weighted by atomic mass is 32.2. The second kappa shape index (κ2) is 7.94. The molecule has 0 bridgehead atoms. The minimum absolute atomic E-state index is 0.127. The SMILES string of the molecule is CCOC(=O)c1cnc(NCCC(C)S(C)=O)nc1C. The Labute approximate surface area is 121 Å². The number of carbonyl (C=O) groups is 1. The number of hydrogen-bond donors (Lipinski definition) is 1. The van der Waals surface area contributed by atoms with E-state index in [1.165, 1.54) is 6.20 Å². The number of anilines is 1. The molecule has 0 spiro atoms. The first kappa shape index (κ1) is 16.6. The molecule has 1 aromatic heterocycles. The number of nitrogens with zero attached hydrogens (tertiary/aromatic N) is 2. The molecular weight excluding hydrogens is 278 g/mol. The van der Waals surface area contributed by atoms with Crippen LogP contribution in [0.3, 0.4) is 0 Å². The summed E-state index contributed by atoms with van der Waals surface area (Å²) >= 11 is 0. The van der Waals surface area contributed by atoms with Crippen LogP contribution in [-0.2, 0) is 15.5 Å². The van der Waals surface area contributed by atoms with Crippen LogP contribution in [-0.4, -0.2) is 44.8 Å². The molecule has 7 heteroatoms. The normalized spacial score (nSPS) is 13.6. The van der Waals surface area contributed by atoms with Crippen LogP contribution in [0.15, 0.2) is 6.20 Å². The Balaban J connectivity index is 2.59. The lowest BCUT2D eigenvalue weighted by molar-refractivity contribution is 0.0524. The van der Waals surface area contributed by atoms with Gasteiger partial charge < -0.3 is 10.1 Å². The molecule has 0 aliphatic heterocycles. The molecule has 0 saturated carbocycles. The maximum Gasteiger partial charge on any atom is 0.341 e. The Morgan fingerprint density at radius 3 is 2.80 bits per heavy atom. The number of hydrogen-bond acceptors (Lipinski definition) is 6. The molecule has 0 aliphatic rings. The van der Waals surface area contributed by atoms with Crippen molar-refractivity contribution in [3.05, 3.63) is 17.5 Å². The third-order valence-electron chi connectivity index (χ3n) is 2.88. The Kier molecular flexibility index (Phi) is 6.57. The first-order valence-electron chi connectivity index (χ1n) is 6.52. The van der Waals surface area contributed by atoms with Gasteiger partial charge in [0.05, 0.1) is 17.9 Å². The van der Waals surface area contributed by atoms with E-state index in [9.17, 15) is 9.00 Å². The zero-order valence-corrected chi connectivity index (χ0v) is 13.1. The topological polar surface area (TPSA) is 81.2 Å². The molecule has 0 aromatic carbocycles. The van der Waals surface area contributed by atoms with Crippen LogP contribution in [0.4, 0.5) is 5.95 Å². The van der Waals surface area contributed by atoms with E-state index in [1.54, 1.807) is 20.1 Å². The van der Waals surface area contributed by atoms with E-state index < -0.39 is 16.8 Å². The minimum atomic E-state index is -0.827. The molecule has 2 atom stereocenters.